The van der Waals surface area contributed by atoms with Crippen molar-refractivity contribution in [3.8, 4) is 0 Å². The van der Waals surface area contributed by atoms with Crippen LogP contribution in [0.4, 0.5) is 0 Å². The van der Waals surface area contributed by atoms with Gasteiger partial charge in [0.2, 0.25) is 0 Å². The molecular formula is C11H16O4. The Hall–Kier alpha value is -1.19. The molecule has 0 aromatic heterocycles. The van der Waals surface area contributed by atoms with Crippen LogP contribution < -0.4 is 0 Å². The van der Waals surface area contributed by atoms with Crippen molar-refractivity contribution in [1.29, 1.82) is 0 Å². The highest BCUT2D eigenvalue weighted by molar-refractivity contribution is 5.84. The van der Waals surface area contributed by atoms with Crippen molar-refractivity contribution in [2.45, 2.75) is 33.1 Å². The van der Waals surface area contributed by atoms with Crippen molar-refractivity contribution in [3.05, 3.63) is 0 Å². The second-order valence-corrected chi connectivity index (χ2v) is 4.36. The molecule has 0 radical (unpaired) electrons. The number of ketones is 2. The van der Waals surface area contributed by atoms with E-state index in [1.54, 1.807) is 0 Å². The van der Waals surface area contributed by atoms with Crippen LogP contribution in [0.25, 0.3) is 0 Å². The maximum Gasteiger partial charge on any atom is 0.306 e. The molecule has 1 aliphatic rings. The van der Waals surface area contributed by atoms with E-state index in [4.69, 9.17) is 5.11 Å². The van der Waals surface area contributed by atoms with E-state index in [1.807, 2.05) is 0 Å². The molecule has 15 heavy (non-hydrogen) atoms. The van der Waals surface area contributed by atoms with Crippen LogP contribution in [0.15, 0.2) is 0 Å². The first kappa shape index (κ1) is 11.9. The molecule has 1 fully saturated rings. The summed E-state index contributed by atoms with van der Waals surface area (Å²) in [7, 11) is 0. The monoisotopic (exact) mass is 212 g/mol. The second kappa shape index (κ2) is 4.55. The van der Waals surface area contributed by atoms with Crippen LogP contribution in [0, 0.1) is 17.8 Å². The first-order valence-corrected chi connectivity index (χ1v) is 5.15. The molecular weight excluding hydrogens is 196 g/mol. The highest BCUT2D eigenvalue weighted by Crippen LogP contribution is 2.34. The molecule has 0 spiro atoms. The lowest BCUT2D eigenvalue weighted by molar-refractivity contribution is -0.145. The standard InChI is InChI=1S/C11H16O4/c1-6(12)8-3-9(7(2)13)5-10(4-8)11(14)15/h8-10H,3-5H2,1-2H3,(H,14,15)/t8-,9+,10?. The summed E-state index contributed by atoms with van der Waals surface area (Å²) >= 11 is 0. The SMILES string of the molecule is CC(=O)[C@@H]1CC(C(=O)O)C[C@H](C(C)=O)C1. The van der Waals surface area contributed by atoms with Crippen LogP contribution in [-0.2, 0) is 14.4 Å². The van der Waals surface area contributed by atoms with Gasteiger partial charge >= 0.3 is 5.97 Å². The Morgan fingerprint density at radius 3 is 1.47 bits per heavy atom. The third-order valence-electron chi connectivity index (χ3n) is 3.21. The molecule has 0 bridgehead atoms. The van der Waals surface area contributed by atoms with Gasteiger partial charge in [0.1, 0.15) is 11.6 Å². The maximum absolute atomic E-state index is 11.2. The molecule has 0 amide bonds. The van der Waals surface area contributed by atoms with Crippen LogP contribution in [0.5, 0.6) is 0 Å². The number of carbonyl (C=O) groups is 3. The van der Waals surface area contributed by atoms with E-state index < -0.39 is 11.9 Å². The van der Waals surface area contributed by atoms with Gasteiger partial charge in [-0.05, 0) is 33.1 Å². The quantitative estimate of drug-likeness (QED) is 0.765. The Morgan fingerprint density at radius 1 is 0.867 bits per heavy atom. The number of carboxylic acid groups (broad SMARTS) is 1. The lowest BCUT2D eigenvalue weighted by Crippen LogP contribution is -2.33. The largest absolute Gasteiger partial charge is 0.481 e. The van der Waals surface area contributed by atoms with E-state index >= 15 is 0 Å². The zero-order valence-corrected chi connectivity index (χ0v) is 9.03. The summed E-state index contributed by atoms with van der Waals surface area (Å²) in [6.45, 7) is 2.93. The van der Waals surface area contributed by atoms with Gasteiger partial charge in [0.15, 0.2) is 0 Å². The molecule has 1 unspecified atom stereocenters. The second-order valence-electron chi connectivity index (χ2n) is 4.36. The lowest BCUT2D eigenvalue weighted by atomic mass is 9.72. The highest BCUT2D eigenvalue weighted by Gasteiger charge is 2.36. The van der Waals surface area contributed by atoms with Gasteiger partial charge in [-0.25, -0.2) is 0 Å². The fourth-order valence-corrected chi connectivity index (χ4v) is 2.18. The molecule has 1 rings (SSSR count). The summed E-state index contributed by atoms with van der Waals surface area (Å²) in [4.78, 5) is 33.3. The third kappa shape index (κ3) is 2.88. The molecule has 4 nitrogen and oxygen atoms in total. The minimum absolute atomic E-state index is 0.00722. The summed E-state index contributed by atoms with van der Waals surface area (Å²) in [6, 6.07) is 0. The lowest BCUT2D eigenvalue weighted by Gasteiger charge is -2.30. The Labute approximate surface area is 88.7 Å². The van der Waals surface area contributed by atoms with Gasteiger partial charge in [0, 0.05) is 11.8 Å². The van der Waals surface area contributed by atoms with E-state index in [-0.39, 0.29) is 23.4 Å². The summed E-state index contributed by atoms with van der Waals surface area (Å²) in [6.07, 6.45) is 1.29. The number of hydrogen-bond acceptors (Lipinski definition) is 3. The molecule has 0 aromatic carbocycles. The average molecular weight is 212 g/mol. The maximum atomic E-state index is 11.2. The smallest absolute Gasteiger partial charge is 0.306 e. The number of carboxylic acids is 1. The fourth-order valence-electron chi connectivity index (χ4n) is 2.18. The van der Waals surface area contributed by atoms with E-state index in [9.17, 15) is 14.4 Å². The molecule has 4 heteroatoms. The van der Waals surface area contributed by atoms with E-state index in [0.29, 0.717) is 19.3 Å². The first-order valence-electron chi connectivity index (χ1n) is 5.15. The number of carbonyl (C=O) groups excluding carboxylic acids is 2. The highest BCUT2D eigenvalue weighted by atomic mass is 16.4. The molecule has 0 heterocycles. The minimum atomic E-state index is -0.896. The molecule has 0 saturated heterocycles. The molecule has 0 aromatic rings. The normalized spacial score (nSPS) is 30.9. The van der Waals surface area contributed by atoms with Crippen molar-refractivity contribution in [2.75, 3.05) is 0 Å². The fraction of sp³-hybridized carbons (Fsp3) is 0.727. The molecule has 1 N–H and O–H groups in total. The number of Topliss-reactive ketones (excluding diaryl/α,β-unsaturated/α-hetero) is 2. The van der Waals surface area contributed by atoms with Crippen LogP contribution >= 0.6 is 0 Å². The number of rotatable bonds is 3. The molecule has 1 saturated carbocycles. The Balaban J connectivity index is 2.77. The van der Waals surface area contributed by atoms with Crippen LogP contribution in [0.1, 0.15) is 33.1 Å². The predicted molar refractivity (Wildman–Crippen MR) is 53.3 cm³/mol. The molecule has 3 atom stereocenters. The van der Waals surface area contributed by atoms with Crippen molar-refractivity contribution in [2.24, 2.45) is 17.8 Å². The average Bonchev–Trinajstić information content (AvgIpc) is 2.16. The van der Waals surface area contributed by atoms with Crippen molar-refractivity contribution >= 4 is 17.5 Å². The van der Waals surface area contributed by atoms with Crippen LogP contribution in [-0.4, -0.2) is 22.6 Å². The summed E-state index contributed by atoms with van der Waals surface area (Å²) in [5.74, 6) is -1.96. The zero-order chi connectivity index (χ0) is 11.6. The Kier molecular flexibility index (Phi) is 3.61. The van der Waals surface area contributed by atoms with Crippen molar-refractivity contribution in [1.82, 2.24) is 0 Å². The van der Waals surface area contributed by atoms with Gasteiger partial charge in [-0.2, -0.15) is 0 Å². The zero-order valence-electron chi connectivity index (χ0n) is 9.03. The van der Waals surface area contributed by atoms with Crippen molar-refractivity contribution < 1.29 is 19.5 Å². The number of aliphatic carboxylic acids is 1. The predicted octanol–water partition coefficient (Wildman–Crippen LogP) is 1.28. The number of hydrogen-bond donors (Lipinski definition) is 1. The third-order valence-corrected chi connectivity index (χ3v) is 3.21. The van der Waals surface area contributed by atoms with Gasteiger partial charge in [-0.3, -0.25) is 14.4 Å². The van der Waals surface area contributed by atoms with Gasteiger partial charge in [0.05, 0.1) is 5.92 Å². The Bertz CT molecular complexity index is 241. The van der Waals surface area contributed by atoms with E-state index in [1.165, 1.54) is 13.8 Å². The summed E-state index contributed by atoms with van der Waals surface area (Å²) < 4.78 is 0. The van der Waals surface area contributed by atoms with Crippen LogP contribution in [0.2, 0.25) is 0 Å². The Morgan fingerprint density at radius 2 is 1.20 bits per heavy atom. The van der Waals surface area contributed by atoms with Gasteiger partial charge in [-0.1, -0.05) is 0 Å². The minimum Gasteiger partial charge on any atom is -0.481 e. The summed E-state index contributed by atoms with van der Waals surface area (Å²) in [5.41, 5.74) is 0. The molecule has 84 valence electrons. The van der Waals surface area contributed by atoms with Gasteiger partial charge in [0.25, 0.3) is 0 Å². The van der Waals surface area contributed by atoms with Crippen LogP contribution in [0.3, 0.4) is 0 Å². The topological polar surface area (TPSA) is 71.4 Å². The molecule has 0 aliphatic heterocycles. The molecule has 1 aliphatic carbocycles. The van der Waals surface area contributed by atoms with E-state index in [0.717, 1.165) is 0 Å². The van der Waals surface area contributed by atoms with E-state index in [2.05, 4.69) is 0 Å². The van der Waals surface area contributed by atoms with Crippen molar-refractivity contribution in [3.63, 3.8) is 0 Å². The van der Waals surface area contributed by atoms with Gasteiger partial charge < -0.3 is 5.11 Å². The summed E-state index contributed by atoms with van der Waals surface area (Å²) in [5, 5.41) is 8.91. The first-order chi connectivity index (χ1) is 6.91. The van der Waals surface area contributed by atoms with Gasteiger partial charge in [-0.15, -0.1) is 0 Å².